The summed E-state index contributed by atoms with van der Waals surface area (Å²) in [6.07, 6.45) is 0. The van der Waals surface area contributed by atoms with Gasteiger partial charge in [-0.25, -0.2) is 14.6 Å². The Bertz CT molecular complexity index is 1070. The number of thiazole rings is 1. The van der Waals surface area contributed by atoms with Crippen molar-refractivity contribution in [1.82, 2.24) is 9.97 Å². The zero-order chi connectivity index (χ0) is 21.8. The number of nitrogens with one attached hydrogen (secondary N) is 1. The number of carbonyl (C=O) groups is 3. The molecule has 30 heavy (non-hydrogen) atoms. The number of aromatic nitrogens is 2. The third-order valence-corrected chi connectivity index (χ3v) is 5.64. The maximum Gasteiger partial charge on any atom is 0.355 e. The highest BCUT2D eigenvalue weighted by atomic mass is 32.1. The number of amides is 1. The summed E-state index contributed by atoms with van der Waals surface area (Å²) in [7, 11) is 0. The monoisotopic (exact) mass is 429 g/mol. The molecule has 0 aliphatic rings. The molecule has 3 rings (SSSR count). The molecule has 0 atom stereocenters. The number of anilines is 1. The van der Waals surface area contributed by atoms with Gasteiger partial charge in [0.1, 0.15) is 5.69 Å². The van der Waals surface area contributed by atoms with E-state index in [1.807, 2.05) is 31.2 Å². The molecule has 0 bridgehead atoms. The van der Waals surface area contributed by atoms with E-state index >= 15 is 0 Å². The maximum absolute atomic E-state index is 12.7. The minimum absolute atomic E-state index is 0.131. The number of carbonyl (C=O) groups excluding carboxylic acids is 3. The van der Waals surface area contributed by atoms with Crippen LogP contribution in [0, 0.1) is 13.8 Å². The molecular formula is C21H23N3O5S. The fraction of sp³-hybridized carbons (Fsp3) is 0.333. The molecule has 2 aromatic heterocycles. The van der Waals surface area contributed by atoms with Gasteiger partial charge >= 0.3 is 11.9 Å². The summed E-state index contributed by atoms with van der Waals surface area (Å²) in [5.41, 5.74) is 2.19. The van der Waals surface area contributed by atoms with Gasteiger partial charge in [-0.05, 0) is 45.4 Å². The lowest BCUT2D eigenvalue weighted by Crippen LogP contribution is -2.34. The number of ether oxygens (including phenoxy) is 2. The Morgan fingerprint density at radius 2 is 1.83 bits per heavy atom. The van der Waals surface area contributed by atoms with E-state index in [0.29, 0.717) is 28.5 Å². The van der Waals surface area contributed by atoms with Crippen molar-refractivity contribution in [2.45, 2.75) is 27.7 Å². The van der Waals surface area contributed by atoms with E-state index in [4.69, 9.17) is 9.47 Å². The number of esters is 2. The molecule has 158 valence electrons. The summed E-state index contributed by atoms with van der Waals surface area (Å²) in [4.78, 5) is 46.1. The smallest absolute Gasteiger partial charge is 0.355 e. The van der Waals surface area contributed by atoms with Gasteiger partial charge < -0.3 is 14.5 Å². The average molecular weight is 429 g/mol. The molecule has 8 nitrogen and oxygen atoms in total. The number of nitrogens with zero attached hydrogens (tertiary/aromatic N) is 2. The van der Waals surface area contributed by atoms with Crippen LogP contribution in [0.2, 0.25) is 0 Å². The molecule has 1 aromatic carbocycles. The van der Waals surface area contributed by atoms with Crippen LogP contribution in [-0.4, -0.2) is 47.6 Å². The largest absolute Gasteiger partial charge is 0.462 e. The Kier molecular flexibility index (Phi) is 6.51. The van der Waals surface area contributed by atoms with E-state index in [1.165, 1.54) is 16.2 Å². The number of hydrogen-bond donors (Lipinski definition) is 1. The summed E-state index contributed by atoms with van der Waals surface area (Å²) in [6.45, 7) is 7.03. The van der Waals surface area contributed by atoms with Gasteiger partial charge in [0.15, 0.2) is 11.7 Å². The second-order valence-electron chi connectivity index (χ2n) is 6.52. The van der Waals surface area contributed by atoms with Crippen molar-refractivity contribution in [2.75, 3.05) is 24.7 Å². The van der Waals surface area contributed by atoms with E-state index in [1.54, 1.807) is 20.8 Å². The fourth-order valence-corrected chi connectivity index (χ4v) is 4.18. The molecule has 2 heterocycles. The maximum atomic E-state index is 12.7. The van der Waals surface area contributed by atoms with Gasteiger partial charge in [-0.1, -0.05) is 23.5 Å². The van der Waals surface area contributed by atoms with Crippen molar-refractivity contribution in [2.24, 2.45) is 0 Å². The van der Waals surface area contributed by atoms with Crippen LogP contribution in [0.4, 0.5) is 5.13 Å². The number of fused-ring (bicyclic) bond motifs is 1. The summed E-state index contributed by atoms with van der Waals surface area (Å²) in [5, 5.41) is 0.552. The number of rotatable bonds is 7. The summed E-state index contributed by atoms with van der Waals surface area (Å²) >= 11 is 1.40. The van der Waals surface area contributed by atoms with Crippen LogP contribution in [-0.2, 0) is 14.3 Å². The molecule has 0 aliphatic carbocycles. The van der Waals surface area contributed by atoms with Gasteiger partial charge in [0.25, 0.3) is 5.91 Å². The number of hydrogen-bond acceptors (Lipinski definition) is 7. The predicted molar refractivity (Wildman–Crippen MR) is 114 cm³/mol. The van der Waals surface area contributed by atoms with Gasteiger partial charge in [-0.15, -0.1) is 0 Å². The zero-order valence-electron chi connectivity index (χ0n) is 17.3. The lowest BCUT2D eigenvalue weighted by molar-refractivity contribution is -0.121. The number of para-hydroxylation sites is 1. The Hall–Kier alpha value is -3.20. The predicted octanol–water partition coefficient (Wildman–Crippen LogP) is 3.63. The minimum atomic E-state index is -0.708. The van der Waals surface area contributed by atoms with Crippen LogP contribution in [0.5, 0.6) is 0 Å². The molecule has 0 saturated heterocycles. The third-order valence-electron chi connectivity index (χ3n) is 4.58. The van der Waals surface area contributed by atoms with E-state index in [2.05, 4.69) is 9.97 Å². The van der Waals surface area contributed by atoms with E-state index < -0.39 is 18.5 Å². The van der Waals surface area contributed by atoms with Crippen LogP contribution >= 0.6 is 11.3 Å². The highest BCUT2D eigenvalue weighted by molar-refractivity contribution is 7.22. The SMILES string of the molecule is CCOC(=O)c1c(C)[nH]c(C(=O)OCC(=O)N(CC)c2nc3ccccc3s2)c1C. The molecule has 0 radical (unpaired) electrons. The topological polar surface area (TPSA) is 102 Å². The first-order valence-corrected chi connectivity index (χ1v) is 10.4. The van der Waals surface area contributed by atoms with Crippen molar-refractivity contribution in [3.63, 3.8) is 0 Å². The van der Waals surface area contributed by atoms with E-state index in [9.17, 15) is 14.4 Å². The first kappa shape index (κ1) is 21.5. The summed E-state index contributed by atoms with van der Waals surface area (Å²) in [6, 6.07) is 7.61. The lowest BCUT2D eigenvalue weighted by Gasteiger charge is -2.17. The number of likely N-dealkylation sites (N-methyl/N-ethyl adjacent to an activating group) is 1. The normalized spacial score (nSPS) is 10.8. The number of aryl methyl sites for hydroxylation is 1. The molecule has 1 amide bonds. The van der Waals surface area contributed by atoms with Crippen LogP contribution in [0.1, 0.15) is 46.0 Å². The third kappa shape index (κ3) is 4.20. The molecule has 3 aromatic rings. The zero-order valence-corrected chi connectivity index (χ0v) is 18.1. The van der Waals surface area contributed by atoms with Gasteiger partial charge in [0.05, 0.1) is 22.4 Å². The highest BCUT2D eigenvalue weighted by Crippen LogP contribution is 2.28. The molecule has 0 spiro atoms. The Morgan fingerprint density at radius 1 is 1.10 bits per heavy atom. The van der Waals surface area contributed by atoms with Crippen LogP contribution in [0.25, 0.3) is 10.2 Å². The van der Waals surface area contributed by atoms with Gasteiger partial charge in [0.2, 0.25) is 0 Å². The molecule has 0 saturated carbocycles. The number of aromatic amines is 1. The van der Waals surface area contributed by atoms with Crippen molar-refractivity contribution >= 4 is 44.5 Å². The van der Waals surface area contributed by atoms with E-state index in [-0.39, 0.29) is 18.2 Å². The number of H-pyrrole nitrogens is 1. The average Bonchev–Trinajstić information content (AvgIpc) is 3.27. The fourth-order valence-electron chi connectivity index (χ4n) is 3.13. The second kappa shape index (κ2) is 9.08. The Morgan fingerprint density at radius 3 is 2.50 bits per heavy atom. The Labute approximate surface area is 177 Å². The van der Waals surface area contributed by atoms with Crippen LogP contribution < -0.4 is 4.90 Å². The van der Waals surface area contributed by atoms with Crippen molar-refractivity contribution in [3.8, 4) is 0 Å². The molecule has 0 aliphatic heterocycles. The first-order valence-electron chi connectivity index (χ1n) is 9.56. The second-order valence-corrected chi connectivity index (χ2v) is 7.53. The molecule has 0 fully saturated rings. The van der Waals surface area contributed by atoms with Crippen LogP contribution in [0.3, 0.4) is 0 Å². The van der Waals surface area contributed by atoms with Crippen molar-refractivity contribution < 1.29 is 23.9 Å². The standard InChI is InChI=1S/C21H23N3O5S/c1-5-24(21-23-14-9-7-8-10-15(14)30-21)16(25)11-29-20(27)18-12(3)17(13(4)22-18)19(26)28-6-2/h7-10,22H,5-6,11H2,1-4H3. The van der Waals surface area contributed by atoms with Gasteiger partial charge in [-0.2, -0.15) is 0 Å². The molecular weight excluding hydrogens is 406 g/mol. The highest BCUT2D eigenvalue weighted by Gasteiger charge is 2.25. The van der Waals surface area contributed by atoms with Crippen molar-refractivity contribution in [3.05, 3.63) is 46.8 Å². The molecule has 9 heteroatoms. The van der Waals surface area contributed by atoms with Crippen molar-refractivity contribution in [1.29, 1.82) is 0 Å². The summed E-state index contributed by atoms with van der Waals surface area (Å²) in [5.74, 6) is -1.59. The lowest BCUT2D eigenvalue weighted by atomic mass is 10.1. The van der Waals surface area contributed by atoms with Crippen LogP contribution in [0.15, 0.2) is 24.3 Å². The Balaban J connectivity index is 1.71. The summed E-state index contributed by atoms with van der Waals surface area (Å²) < 4.78 is 11.2. The van der Waals surface area contributed by atoms with Gasteiger partial charge in [0, 0.05) is 12.2 Å². The quantitative estimate of drug-likeness (QED) is 0.576. The minimum Gasteiger partial charge on any atom is -0.462 e. The number of benzene rings is 1. The molecule has 0 unspecified atom stereocenters. The first-order chi connectivity index (χ1) is 14.4. The molecule has 1 N–H and O–H groups in total. The van der Waals surface area contributed by atoms with E-state index in [0.717, 1.165) is 10.2 Å². The van der Waals surface area contributed by atoms with Gasteiger partial charge in [-0.3, -0.25) is 9.69 Å².